The molecule has 1 aliphatic rings. The molecule has 1 saturated heterocycles. The summed E-state index contributed by atoms with van der Waals surface area (Å²) < 4.78 is 4.54. The molecule has 0 aliphatic carbocycles. The van der Waals surface area contributed by atoms with E-state index in [4.69, 9.17) is 5.11 Å². The van der Waals surface area contributed by atoms with Gasteiger partial charge in [-0.2, -0.15) is 0 Å². The van der Waals surface area contributed by atoms with Gasteiger partial charge >= 0.3 is 5.97 Å². The summed E-state index contributed by atoms with van der Waals surface area (Å²) in [6.07, 6.45) is 3.24. The van der Waals surface area contributed by atoms with Crippen molar-refractivity contribution in [1.82, 2.24) is 15.4 Å². The first kappa shape index (κ1) is 14.5. The topological polar surface area (TPSA) is 95.7 Å². The summed E-state index contributed by atoms with van der Waals surface area (Å²) in [5, 5.41) is 14.9. The number of carbonyl (C=O) groups excluding carboxylic acids is 1. The SMILES string of the molecule is CN1CCC(CCNC(=O)c2cc(C(=O)O)on2)CC1. The molecule has 0 saturated carbocycles. The molecule has 2 N–H and O–H groups in total. The van der Waals surface area contributed by atoms with Crippen molar-refractivity contribution in [2.75, 3.05) is 26.7 Å². The van der Waals surface area contributed by atoms with Gasteiger partial charge in [-0.25, -0.2) is 4.79 Å². The van der Waals surface area contributed by atoms with E-state index in [0.717, 1.165) is 38.4 Å². The highest BCUT2D eigenvalue weighted by Crippen LogP contribution is 2.18. The molecular formula is C13H19N3O4. The number of carbonyl (C=O) groups is 2. The van der Waals surface area contributed by atoms with Crippen molar-refractivity contribution in [3.8, 4) is 0 Å². The normalized spacial score (nSPS) is 17.1. The zero-order valence-electron chi connectivity index (χ0n) is 11.5. The maximum Gasteiger partial charge on any atom is 0.374 e. The largest absolute Gasteiger partial charge is 0.475 e. The van der Waals surface area contributed by atoms with Crippen molar-refractivity contribution in [2.24, 2.45) is 5.92 Å². The maximum atomic E-state index is 11.7. The molecule has 0 spiro atoms. The smallest absolute Gasteiger partial charge is 0.374 e. The van der Waals surface area contributed by atoms with E-state index in [1.807, 2.05) is 0 Å². The summed E-state index contributed by atoms with van der Waals surface area (Å²) in [6, 6.07) is 1.13. The summed E-state index contributed by atoms with van der Waals surface area (Å²) in [4.78, 5) is 24.7. The number of aromatic carboxylic acids is 1. The van der Waals surface area contributed by atoms with Gasteiger partial charge in [0.2, 0.25) is 5.76 Å². The monoisotopic (exact) mass is 281 g/mol. The zero-order chi connectivity index (χ0) is 14.5. The quantitative estimate of drug-likeness (QED) is 0.830. The Morgan fingerprint density at radius 1 is 1.50 bits per heavy atom. The molecule has 7 nitrogen and oxygen atoms in total. The van der Waals surface area contributed by atoms with Crippen LogP contribution in [0.3, 0.4) is 0 Å². The Kier molecular flexibility index (Phi) is 4.73. The fourth-order valence-corrected chi connectivity index (χ4v) is 2.31. The second kappa shape index (κ2) is 6.51. The number of carboxylic acids is 1. The lowest BCUT2D eigenvalue weighted by molar-refractivity contribution is 0.0651. The Morgan fingerprint density at radius 2 is 2.20 bits per heavy atom. The van der Waals surface area contributed by atoms with E-state index in [0.29, 0.717) is 12.5 Å². The molecule has 0 unspecified atom stereocenters. The van der Waals surface area contributed by atoms with Crippen molar-refractivity contribution in [3.05, 3.63) is 17.5 Å². The molecule has 1 aliphatic heterocycles. The number of amides is 1. The number of piperidine rings is 1. The van der Waals surface area contributed by atoms with Gasteiger partial charge in [0, 0.05) is 12.6 Å². The summed E-state index contributed by atoms with van der Waals surface area (Å²) in [7, 11) is 2.11. The van der Waals surface area contributed by atoms with Crippen LogP contribution in [-0.4, -0.2) is 53.7 Å². The van der Waals surface area contributed by atoms with E-state index in [1.165, 1.54) is 0 Å². The average Bonchev–Trinajstić information content (AvgIpc) is 2.91. The van der Waals surface area contributed by atoms with E-state index < -0.39 is 11.9 Å². The molecule has 2 heterocycles. The van der Waals surface area contributed by atoms with E-state index in [1.54, 1.807) is 0 Å². The van der Waals surface area contributed by atoms with Crippen LogP contribution in [0.5, 0.6) is 0 Å². The number of rotatable bonds is 5. The molecule has 0 radical (unpaired) electrons. The Hall–Kier alpha value is -1.89. The van der Waals surface area contributed by atoms with Crippen LogP contribution in [0, 0.1) is 5.92 Å². The lowest BCUT2D eigenvalue weighted by Crippen LogP contribution is -2.32. The average molecular weight is 281 g/mol. The first-order valence-electron chi connectivity index (χ1n) is 6.73. The summed E-state index contributed by atoms with van der Waals surface area (Å²) in [6.45, 7) is 2.77. The Balaban J connectivity index is 1.73. The van der Waals surface area contributed by atoms with Crippen LogP contribution in [0.15, 0.2) is 10.6 Å². The number of nitrogens with zero attached hydrogens (tertiary/aromatic N) is 2. The number of nitrogens with one attached hydrogen (secondary N) is 1. The lowest BCUT2D eigenvalue weighted by atomic mass is 9.94. The molecule has 0 aromatic carbocycles. The summed E-state index contributed by atoms with van der Waals surface area (Å²) in [5.74, 6) is -1.32. The van der Waals surface area contributed by atoms with E-state index in [9.17, 15) is 9.59 Å². The number of aromatic nitrogens is 1. The van der Waals surface area contributed by atoms with Crippen LogP contribution < -0.4 is 5.32 Å². The number of hydrogen-bond acceptors (Lipinski definition) is 5. The van der Waals surface area contributed by atoms with Crippen molar-refractivity contribution >= 4 is 11.9 Å². The second-order valence-corrected chi connectivity index (χ2v) is 5.17. The van der Waals surface area contributed by atoms with Gasteiger partial charge in [-0.3, -0.25) is 4.79 Å². The van der Waals surface area contributed by atoms with Crippen LogP contribution in [0.2, 0.25) is 0 Å². The Labute approximate surface area is 116 Å². The molecule has 1 aromatic heterocycles. The van der Waals surface area contributed by atoms with Crippen molar-refractivity contribution in [3.63, 3.8) is 0 Å². The predicted octanol–water partition coefficient (Wildman–Crippen LogP) is 0.835. The molecule has 1 aromatic rings. The van der Waals surface area contributed by atoms with Crippen molar-refractivity contribution in [1.29, 1.82) is 0 Å². The summed E-state index contributed by atoms with van der Waals surface area (Å²) >= 11 is 0. The highest BCUT2D eigenvalue weighted by molar-refractivity contribution is 5.94. The van der Waals surface area contributed by atoms with Crippen LogP contribution in [0.4, 0.5) is 0 Å². The minimum atomic E-state index is -1.23. The molecule has 0 atom stereocenters. The molecule has 2 rings (SSSR count). The van der Waals surface area contributed by atoms with Gasteiger partial charge in [-0.15, -0.1) is 0 Å². The highest BCUT2D eigenvalue weighted by Gasteiger charge is 2.18. The third-order valence-electron chi connectivity index (χ3n) is 3.63. The Morgan fingerprint density at radius 3 is 2.80 bits per heavy atom. The second-order valence-electron chi connectivity index (χ2n) is 5.17. The number of likely N-dealkylation sites (tertiary alicyclic amines) is 1. The fraction of sp³-hybridized carbons (Fsp3) is 0.615. The molecule has 1 amide bonds. The summed E-state index contributed by atoms with van der Waals surface area (Å²) in [5.41, 5.74) is 0.00535. The van der Waals surface area contributed by atoms with Crippen molar-refractivity contribution < 1.29 is 19.2 Å². The zero-order valence-corrected chi connectivity index (χ0v) is 11.5. The third kappa shape index (κ3) is 3.80. The minimum Gasteiger partial charge on any atom is -0.475 e. The fourth-order valence-electron chi connectivity index (χ4n) is 2.31. The van der Waals surface area contributed by atoms with Gasteiger partial charge in [0.05, 0.1) is 0 Å². The van der Waals surface area contributed by atoms with Gasteiger partial charge in [0.1, 0.15) is 0 Å². The van der Waals surface area contributed by atoms with Crippen molar-refractivity contribution in [2.45, 2.75) is 19.3 Å². The standard InChI is InChI=1S/C13H19N3O4/c1-16-6-3-9(4-7-16)2-5-14-12(17)10-8-11(13(18)19)20-15-10/h8-9H,2-7H2,1H3,(H,14,17)(H,18,19). The lowest BCUT2D eigenvalue weighted by Gasteiger charge is -2.28. The van der Waals surface area contributed by atoms with E-state index in [-0.39, 0.29) is 11.5 Å². The first-order chi connectivity index (χ1) is 9.56. The number of hydrogen-bond donors (Lipinski definition) is 2. The Bertz CT molecular complexity index is 478. The van der Waals surface area contributed by atoms with Gasteiger partial charge in [0.15, 0.2) is 5.69 Å². The minimum absolute atomic E-state index is 0.00535. The molecule has 20 heavy (non-hydrogen) atoms. The van der Waals surface area contributed by atoms with Crippen LogP contribution in [0.1, 0.15) is 40.3 Å². The van der Waals surface area contributed by atoms with Crippen LogP contribution in [0.25, 0.3) is 0 Å². The van der Waals surface area contributed by atoms with E-state index in [2.05, 4.69) is 26.9 Å². The van der Waals surface area contributed by atoms with Crippen LogP contribution in [-0.2, 0) is 0 Å². The molecule has 7 heteroatoms. The van der Waals surface area contributed by atoms with Gasteiger partial charge in [0.25, 0.3) is 5.91 Å². The predicted molar refractivity (Wildman–Crippen MR) is 70.6 cm³/mol. The third-order valence-corrected chi connectivity index (χ3v) is 3.63. The highest BCUT2D eigenvalue weighted by atomic mass is 16.5. The van der Waals surface area contributed by atoms with Gasteiger partial charge in [-0.05, 0) is 45.3 Å². The first-order valence-corrected chi connectivity index (χ1v) is 6.73. The number of carboxylic acid groups (broad SMARTS) is 1. The van der Waals surface area contributed by atoms with Gasteiger partial charge in [-0.1, -0.05) is 5.16 Å². The van der Waals surface area contributed by atoms with Gasteiger partial charge < -0.3 is 19.8 Å². The van der Waals surface area contributed by atoms with Crippen LogP contribution >= 0.6 is 0 Å². The molecule has 110 valence electrons. The molecular weight excluding hydrogens is 262 g/mol. The maximum absolute atomic E-state index is 11.7. The van der Waals surface area contributed by atoms with E-state index >= 15 is 0 Å². The molecule has 1 fully saturated rings. The molecule has 0 bridgehead atoms.